The van der Waals surface area contributed by atoms with Gasteiger partial charge in [-0.15, -0.1) is 13.2 Å². The summed E-state index contributed by atoms with van der Waals surface area (Å²) >= 11 is 0. The van der Waals surface area contributed by atoms with E-state index in [9.17, 15) is 0 Å². The largest absolute Gasteiger partial charge is 0.103 e. The first-order chi connectivity index (χ1) is 8.58. The average molecular weight is 248 g/mol. The molecule has 0 heterocycles. The summed E-state index contributed by atoms with van der Waals surface area (Å²) in [5, 5.41) is 0. The second-order valence-corrected chi connectivity index (χ2v) is 4.82. The Kier molecular flexibility index (Phi) is 17.1. The van der Waals surface area contributed by atoms with Crippen LogP contribution in [-0.2, 0) is 0 Å². The smallest absolute Gasteiger partial charge is 0.0320 e. The Morgan fingerprint density at radius 1 is 0.889 bits per heavy atom. The van der Waals surface area contributed by atoms with Gasteiger partial charge in [0.1, 0.15) is 0 Å². The van der Waals surface area contributed by atoms with Gasteiger partial charge in [0, 0.05) is 0 Å². The van der Waals surface area contributed by atoms with Gasteiger partial charge in [-0.2, -0.15) is 0 Å². The van der Waals surface area contributed by atoms with Crippen LogP contribution < -0.4 is 0 Å². The van der Waals surface area contributed by atoms with Gasteiger partial charge in [-0.05, 0) is 66.2 Å². The lowest BCUT2D eigenvalue weighted by Crippen LogP contribution is -1.75. The standard InChI is InChI=1S/2C9H16/c1-4-5-6-7-8-9(2)3;1-4-6-7-8-9(3)5-2/h4,8H,1,5-7H2,2-3H3;4-5H,1,6-8H2,2-3H3. The van der Waals surface area contributed by atoms with Gasteiger partial charge in [-0.3, -0.25) is 0 Å². The molecule has 0 nitrogen and oxygen atoms in total. The van der Waals surface area contributed by atoms with Crippen molar-refractivity contribution in [3.8, 4) is 0 Å². The van der Waals surface area contributed by atoms with Crippen LogP contribution in [0.2, 0.25) is 0 Å². The summed E-state index contributed by atoms with van der Waals surface area (Å²) in [7, 11) is 0. The third-order valence-corrected chi connectivity index (χ3v) is 2.64. The second kappa shape index (κ2) is 16.0. The molecular weight excluding hydrogens is 216 g/mol. The van der Waals surface area contributed by atoms with Crippen LogP contribution in [0.3, 0.4) is 0 Å². The Bertz CT molecular complexity index is 249. The topological polar surface area (TPSA) is 0 Å². The molecule has 0 aliphatic rings. The molecular formula is C18H32. The fourth-order valence-corrected chi connectivity index (χ4v) is 1.32. The minimum absolute atomic E-state index is 1.14. The maximum absolute atomic E-state index is 3.66. The van der Waals surface area contributed by atoms with Crippen LogP contribution in [0.1, 0.15) is 66.2 Å². The predicted molar refractivity (Wildman–Crippen MR) is 87.0 cm³/mol. The third kappa shape index (κ3) is 20.4. The first-order valence-corrected chi connectivity index (χ1v) is 7.05. The summed E-state index contributed by atoms with van der Waals surface area (Å²) in [5.41, 5.74) is 2.90. The Balaban J connectivity index is 0. The molecule has 0 unspecified atom stereocenters. The molecule has 0 saturated carbocycles. The fourth-order valence-electron chi connectivity index (χ4n) is 1.32. The lowest BCUT2D eigenvalue weighted by molar-refractivity contribution is 0.832. The summed E-state index contributed by atoms with van der Waals surface area (Å²) in [6.45, 7) is 15.8. The van der Waals surface area contributed by atoms with Gasteiger partial charge in [0.2, 0.25) is 0 Å². The minimum atomic E-state index is 1.14. The van der Waals surface area contributed by atoms with Crippen LogP contribution >= 0.6 is 0 Å². The van der Waals surface area contributed by atoms with Crippen molar-refractivity contribution in [1.82, 2.24) is 0 Å². The summed E-state index contributed by atoms with van der Waals surface area (Å²) in [6.07, 6.45) is 15.6. The molecule has 0 aliphatic carbocycles. The minimum Gasteiger partial charge on any atom is -0.103 e. The van der Waals surface area contributed by atoms with Crippen LogP contribution in [0.5, 0.6) is 0 Å². The second-order valence-electron chi connectivity index (χ2n) is 4.82. The Labute approximate surface area is 115 Å². The zero-order valence-electron chi connectivity index (χ0n) is 13.0. The molecule has 0 N–H and O–H groups in total. The van der Waals surface area contributed by atoms with Gasteiger partial charge in [-0.25, -0.2) is 0 Å². The summed E-state index contributed by atoms with van der Waals surface area (Å²) in [6, 6.07) is 0. The number of allylic oxidation sites excluding steroid dienone is 6. The Hall–Kier alpha value is -1.04. The first kappa shape index (κ1) is 19.3. The zero-order valence-corrected chi connectivity index (χ0v) is 13.0. The lowest BCUT2D eigenvalue weighted by atomic mass is 10.1. The molecule has 0 aromatic heterocycles. The van der Waals surface area contributed by atoms with Gasteiger partial charge in [-0.1, -0.05) is 35.5 Å². The Morgan fingerprint density at radius 2 is 1.44 bits per heavy atom. The van der Waals surface area contributed by atoms with Crippen molar-refractivity contribution in [3.05, 3.63) is 48.6 Å². The van der Waals surface area contributed by atoms with Crippen LogP contribution in [-0.4, -0.2) is 0 Å². The zero-order chi connectivity index (χ0) is 14.2. The van der Waals surface area contributed by atoms with Crippen molar-refractivity contribution in [1.29, 1.82) is 0 Å². The molecule has 0 saturated heterocycles. The van der Waals surface area contributed by atoms with E-state index >= 15 is 0 Å². The van der Waals surface area contributed by atoms with E-state index in [-0.39, 0.29) is 0 Å². The van der Waals surface area contributed by atoms with Crippen molar-refractivity contribution in [3.63, 3.8) is 0 Å². The van der Waals surface area contributed by atoms with Gasteiger partial charge in [0.25, 0.3) is 0 Å². The number of rotatable bonds is 8. The van der Waals surface area contributed by atoms with Gasteiger partial charge in [0.15, 0.2) is 0 Å². The first-order valence-electron chi connectivity index (χ1n) is 7.05. The molecule has 0 aromatic rings. The molecule has 0 rings (SSSR count). The van der Waals surface area contributed by atoms with Gasteiger partial charge < -0.3 is 0 Å². The highest BCUT2D eigenvalue weighted by molar-refractivity contribution is 4.95. The van der Waals surface area contributed by atoms with Crippen LogP contribution in [0.15, 0.2) is 48.6 Å². The molecule has 0 bridgehead atoms. The lowest BCUT2D eigenvalue weighted by Gasteiger charge is -1.95. The molecule has 18 heavy (non-hydrogen) atoms. The van der Waals surface area contributed by atoms with Crippen molar-refractivity contribution in [2.75, 3.05) is 0 Å². The van der Waals surface area contributed by atoms with Crippen molar-refractivity contribution in [2.24, 2.45) is 0 Å². The predicted octanol–water partition coefficient (Wildman–Crippen LogP) is 6.62. The Morgan fingerprint density at radius 3 is 1.89 bits per heavy atom. The number of hydrogen-bond acceptors (Lipinski definition) is 0. The van der Waals surface area contributed by atoms with Crippen LogP contribution in [0.25, 0.3) is 0 Å². The summed E-state index contributed by atoms with van der Waals surface area (Å²) in [5.74, 6) is 0. The molecule has 0 aliphatic heterocycles. The van der Waals surface area contributed by atoms with E-state index in [0.717, 1.165) is 12.8 Å². The van der Waals surface area contributed by atoms with E-state index in [2.05, 4.69) is 53.0 Å². The summed E-state index contributed by atoms with van der Waals surface area (Å²) in [4.78, 5) is 0. The monoisotopic (exact) mass is 248 g/mol. The van der Waals surface area contributed by atoms with E-state index in [1.54, 1.807) is 0 Å². The van der Waals surface area contributed by atoms with E-state index in [1.165, 1.54) is 36.8 Å². The van der Waals surface area contributed by atoms with Crippen LogP contribution in [0.4, 0.5) is 0 Å². The normalized spacial score (nSPS) is 10.1. The van der Waals surface area contributed by atoms with Crippen molar-refractivity contribution in [2.45, 2.75) is 66.2 Å². The quantitative estimate of drug-likeness (QED) is 0.334. The van der Waals surface area contributed by atoms with Crippen molar-refractivity contribution >= 4 is 0 Å². The van der Waals surface area contributed by atoms with E-state index < -0.39 is 0 Å². The van der Waals surface area contributed by atoms with Gasteiger partial charge >= 0.3 is 0 Å². The fraction of sp³-hybridized carbons (Fsp3) is 0.556. The molecule has 0 amide bonds. The van der Waals surface area contributed by atoms with Crippen LogP contribution in [0, 0.1) is 0 Å². The molecule has 0 atom stereocenters. The SMILES string of the molecule is C=CCCCC(C)=CC.C=CCCCC=C(C)C. The third-order valence-electron chi connectivity index (χ3n) is 2.64. The highest BCUT2D eigenvalue weighted by Gasteiger charge is 1.85. The van der Waals surface area contributed by atoms with Gasteiger partial charge in [0.05, 0.1) is 0 Å². The molecule has 104 valence electrons. The molecule has 0 heteroatoms. The van der Waals surface area contributed by atoms with Crippen molar-refractivity contribution < 1.29 is 0 Å². The van der Waals surface area contributed by atoms with E-state index in [4.69, 9.17) is 0 Å². The molecule has 0 aromatic carbocycles. The molecule has 0 spiro atoms. The molecule has 0 radical (unpaired) electrons. The van der Waals surface area contributed by atoms with E-state index in [1.807, 2.05) is 12.2 Å². The highest BCUT2D eigenvalue weighted by atomic mass is 13.9. The summed E-state index contributed by atoms with van der Waals surface area (Å²) < 4.78 is 0. The average Bonchev–Trinajstić information content (AvgIpc) is 2.35. The number of unbranched alkanes of at least 4 members (excludes halogenated alkanes) is 3. The van der Waals surface area contributed by atoms with E-state index in [0.29, 0.717) is 0 Å². The maximum atomic E-state index is 3.66. The highest BCUT2D eigenvalue weighted by Crippen LogP contribution is 2.05. The number of hydrogen-bond donors (Lipinski definition) is 0. The molecule has 0 fully saturated rings. The maximum Gasteiger partial charge on any atom is -0.0320 e.